The molecule has 0 heterocycles. The number of benzene rings is 1. The SMILES string of the molecule is COc1ccc(C(=O)NC(C(N)=S)C(C)C)cc1OC. The zero-order chi connectivity index (χ0) is 15.3. The van der Waals surface area contributed by atoms with Gasteiger partial charge in [0.25, 0.3) is 5.91 Å². The van der Waals surface area contributed by atoms with Crippen LogP contribution in [0.1, 0.15) is 24.2 Å². The van der Waals surface area contributed by atoms with Gasteiger partial charge in [0.15, 0.2) is 11.5 Å². The number of hydrogen-bond donors (Lipinski definition) is 2. The topological polar surface area (TPSA) is 73.6 Å². The molecule has 0 aliphatic heterocycles. The summed E-state index contributed by atoms with van der Waals surface area (Å²) in [4.78, 5) is 12.5. The molecule has 1 aromatic carbocycles. The van der Waals surface area contributed by atoms with Crippen molar-refractivity contribution in [2.45, 2.75) is 19.9 Å². The minimum absolute atomic E-state index is 0.122. The van der Waals surface area contributed by atoms with Gasteiger partial charge in [0.05, 0.1) is 25.2 Å². The number of carbonyl (C=O) groups excluding carboxylic acids is 1. The maximum Gasteiger partial charge on any atom is 0.251 e. The monoisotopic (exact) mass is 296 g/mol. The molecule has 110 valence electrons. The minimum atomic E-state index is -0.342. The molecule has 0 bridgehead atoms. The highest BCUT2D eigenvalue weighted by Gasteiger charge is 2.20. The predicted octanol–water partition coefficient (Wildman–Crippen LogP) is 1.74. The molecule has 0 aromatic heterocycles. The van der Waals surface area contributed by atoms with Crippen LogP contribution in [0.5, 0.6) is 11.5 Å². The van der Waals surface area contributed by atoms with E-state index in [-0.39, 0.29) is 22.9 Å². The number of hydrogen-bond acceptors (Lipinski definition) is 4. The van der Waals surface area contributed by atoms with Gasteiger partial charge in [-0.1, -0.05) is 26.1 Å². The van der Waals surface area contributed by atoms with Crippen molar-refractivity contribution >= 4 is 23.1 Å². The lowest BCUT2D eigenvalue weighted by molar-refractivity contribution is 0.0939. The summed E-state index contributed by atoms with van der Waals surface area (Å²) in [5.74, 6) is 0.935. The summed E-state index contributed by atoms with van der Waals surface area (Å²) in [6.07, 6.45) is 0. The lowest BCUT2D eigenvalue weighted by atomic mass is 10.0. The van der Waals surface area contributed by atoms with E-state index < -0.39 is 0 Å². The van der Waals surface area contributed by atoms with E-state index >= 15 is 0 Å². The number of ether oxygens (including phenoxy) is 2. The summed E-state index contributed by atoms with van der Waals surface area (Å²) in [7, 11) is 3.06. The normalized spacial score (nSPS) is 11.8. The third-order valence-corrected chi connectivity index (χ3v) is 3.16. The molecule has 0 aliphatic carbocycles. The fourth-order valence-electron chi connectivity index (χ4n) is 1.77. The Morgan fingerprint density at radius 3 is 2.30 bits per heavy atom. The lowest BCUT2D eigenvalue weighted by Gasteiger charge is -2.21. The number of nitrogens with two attached hydrogens (primary N) is 1. The van der Waals surface area contributed by atoms with Gasteiger partial charge in [0.1, 0.15) is 0 Å². The molecule has 0 saturated heterocycles. The van der Waals surface area contributed by atoms with E-state index in [4.69, 9.17) is 27.4 Å². The van der Waals surface area contributed by atoms with Gasteiger partial charge in [-0.15, -0.1) is 0 Å². The lowest BCUT2D eigenvalue weighted by Crippen LogP contribution is -2.46. The molecule has 3 N–H and O–H groups in total. The number of rotatable bonds is 6. The average molecular weight is 296 g/mol. The van der Waals surface area contributed by atoms with Crippen molar-refractivity contribution < 1.29 is 14.3 Å². The number of carbonyl (C=O) groups is 1. The fraction of sp³-hybridized carbons (Fsp3) is 0.429. The van der Waals surface area contributed by atoms with Gasteiger partial charge in [-0.05, 0) is 24.1 Å². The molecular weight excluding hydrogens is 276 g/mol. The van der Waals surface area contributed by atoms with Crippen LogP contribution in [0.2, 0.25) is 0 Å². The molecule has 6 heteroatoms. The van der Waals surface area contributed by atoms with Gasteiger partial charge >= 0.3 is 0 Å². The van der Waals surface area contributed by atoms with E-state index in [2.05, 4.69) is 5.32 Å². The van der Waals surface area contributed by atoms with Crippen molar-refractivity contribution in [1.82, 2.24) is 5.32 Å². The molecule has 1 rings (SSSR count). The van der Waals surface area contributed by atoms with Gasteiger partial charge in [-0.25, -0.2) is 0 Å². The highest BCUT2D eigenvalue weighted by atomic mass is 32.1. The minimum Gasteiger partial charge on any atom is -0.493 e. The summed E-state index contributed by atoms with van der Waals surface area (Å²) in [5, 5.41) is 2.82. The first kappa shape index (κ1) is 16.2. The molecule has 0 radical (unpaired) electrons. The van der Waals surface area contributed by atoms with Crippen molar-refractivity contribution in [1.29, 1.82) is 0 Å². The Morgan fingerprint density at radius 2 is 1.85 bits per heavy atom. The van der Waals surface area contributed by atoms with E-state index in [1.54, 1.807) is 25.3 Å². The molecule has 0 aliphatic rings. The molecule has 5 nitrogen and oxygen atoms in total. The summed E-state index contributed by atoms with van der Waals surface area (Å²) >= 11 is 4.97. The van der Waals surface area contributed by atoms with Gasteiger partial charge in [-0.2, -0.15) is 0 Å². The fourth-order valence-corrected chi connectivity index (χ4v) is 2.10. The quantitative estimate of drug-likeness (QED) is 0.782. The van der Waals surface area contributed by atoms with Crippen LogP contribution < -0.4 is 20.5 Å². The zero-order valence-electron chi connectivity index (χ0n) is 12.1. The third kappa shape index (κ3) is 3.84. The largest absolute Gasteiger partial charge is 0.493 e. The van der Waals surface area contributed by atoms with E-state index in [0.717, 1.165) is 0 Å². The Bertz CT molecular complexity index is 503. The highest BCUT2D eigenvalue weighted by molar-refractivity contribution is 7.80. The second kappa shape index (κ2) is 7.09. The van der Waals surface area contributed by atoms with Crippen LogP contribution in [0.3, 0.4) is 0 Å². The predicted molar refractivity (Wildman–Crippen MR) is 82.4 cm³/mol. The van der Waals surface area contributed by atoms with Crippen molar-refractivity contribution in [3.8, 4) is 11.5 Å². The van der Waals surface area contributed by atoms with E-state index in [1.165, 1.54) is 7.11 Å². The molecule has 0 fully saturated rings. The Kier molecular flexibility index (Phi) is 5.76. The maximum atomic E-state index is 12.2. The highest BCUT2D eigenvalue weighted by Crippen LogP contribution is 2.27. The Morgan fingerprint density at radius 1 is 1.25 bits per heavy atom. The van der Waals surface area contributed by atoms with Gasteiger partial charge in [0.2, 0.25) is 0 Å². The first-order valence-electron chi connectivity index (χ1n) is 6.23. The molecule has 1 unspecified atom stereocenters. The Labute approximate surface area is 124 Å². The first-order valence-corrected chi connectivity index (χ1v) is 6.63. The molecule has 1 atom stereocenters. The number of amides is 1. The average Bonchev–Trinajstić information content (AvgIpc) is 2.42. The van der Waals surface area contributed by atoms with Crippen LogP contribution in [-0.4, -0.2) is 31.2 Å². The van der Waals surface area contributed by atoms with E-state index in [0.29, 0.717) is 17.1 Å². The summed E-state index contributed by atoms with van der Waals surface area (Å²) in [6, 6.07) is 4.61. The van der Waals surface area contributed by atoms with Crippen molar-refractivity contribution in [3.63, 3.8) is 0 Å². The molecular formula is C14H20N2O3S. The third-order valence-electron chi connectivity index (χ3n) is 2.91. The van der Waals surface area contributed by atoms with Crippen LogP contribution in [0.25, 0.3) is 0 Å². The van der Waals surface area contributed by atoms with Crippen molar-refractivity contribution in [2.24, 2.45) is 11.7 Å². The molecule has 1 aromatic rings. The molecule has 20 heavy (non-hydrogen) atoms. The van der Waals surface area contributed by atoms with Gasteiger partial charge in [-0.3, -0.25) is 4.79 Å². The Hall–Kier alpha value is -1.82. The number of nitrogens with one attached hydrogen (secondary N) is 1. The maximum absolute atomic E-state index is 12.2. The first-order chi connectivity index (χ1) is 9.40. The van der Waals surface area contributed by atoms with Crippen LogP contribution in [0.15, 0.2) is 18.2 Å². The van der Waals surface area contributed by atoms with Crippen molar-refractivity contribution in [3.05, 3.63) is 23.8 Å². The second-order valence-corrected chi connectivity index (χ2v) is 5.14. The molecule has 1 amide bonds. The molecule has 0 spiro atoms. The van der Waals surface area contributed by atoms with Crippen LogP contribution in [0, 0.1) is 5.92 Å². The van der Waals surface area contributed by atoms with Gasteiger partial charge < -0.3 is 20.5 Å². The summed E-state index contributed by atoms with van der Waals surface area (Å²) in [6.45, 7) is 3.89. The van der Waals surface area contributed by atoms with Crippen molar-refractivity contribution in [2.75, 3.05) is 14.2 Å². The van der Waals surface area contributed by atoms with E-state index in [1.807, 2.05) is 13.8 Å². The van der Waals surface area contributed by atoms with Crippen LogP contribution in [0.4, 0.5) is 0 Å². The summed E-state index contributed by atoms with van der Waals surface area (Å²) < 4.78 is 10.3. The zero-order valence-corrected chi connectivity index (χ0v) is 12.9. The number of thiocarbonyl (C=S) groups is 1. The van der Waals surface area contributed by atoms with Crippen LogP contribution >= 0.6 is 12.2 Å². The van der Waals surface area contributed by atoms with Gasteiger partial charge in [0, 0.05) is 5.56 Å². The smallest absolute Gasteiger partial charge is 0.251 e. The Balaban J connectivity index is 2.95. The van der Waals surface area contributed by atoms with E-state index in [9.17, 15) is 4.79 Å². The van der Waals surface area contributed by atoms with Crippen LogP contribution in [-0.2, 0) is 0 Å². The summed E-state index contributed by atoms with van der Waals surface area (Å²) in [5.41, 5.74) is 6.10. The number of methoxy groups -OCH3 is 2. The standard InChI is InChI=1S/C14H20N2O3S/c1-8(2)12(13(15)20)16-14(17)9-5-6-10(18-3)11(7-9)19-4/h5-8,12H,1-4H3,(H2,15,20)(H,16,17). The molecule has 0 saturated carbocycles. The second-order valence-electron chi connectivity index (χ2n) is 4.67.